The first-order valence-corrected chi connectivity index (χ1v) is 7.70. The minimum atomic E-state index is -0.701. The average Bonchev–Trinajstić information content (AvgIpc) is 3.01. The van der Waals surface area contributed by atoms with Gasteiger partial charge in [-0.15, -0.1) is 0 Å². The Labute approximate surface area is 144 Å². The van der Waals surface area contributed by atoms with E-state index in [1.165, 1.54) is 36.3 Å². The Bertz CT molecular complexity index is 859. The van der Waals surface area contributed by atoms with Crippen LogP contribution in [0.2, 0.25) is 0 Å². The van der Waals surface area contributed by atoms with Crippen molar-refractivity contribution in [2.45, 2.75) is 12.5 Å². The average molecular weight is 339 g/mol. The molecule has 2 N–H and O–H groups in total. The number of anilines is 1. The van der Waals surface area contributed by atoms with Crippen LogP contribution in [0.1, 0.15) is 11.1 Å². The highest BCUT2D eigenvalue weighted by Gasteiger charge is 2.38. The number of benzene rings is 2. The van der Waals surface area contributed by atoms with Gasteiger partial charge in [-0.05, 0) is 35.4 Å². The standard InChI is InChI=1S/C19H17NO5/c1-25-19(24)15-11-13-4-2-3-5-14(13)20(15)18(23)9-7-12-6-8-16(21)17(22)10-12/h2-10,15,21-22H,11H2,1H3/b9-7+/t15-/m1/s1. The summed E-state index contributed by atoms with van der Waals surface area (Å²) in [5.41, 5.74) is 2.13. The lowest BCUT2D eigenvalue weighted by Crippen LogP contribution is -2.42. The normalized spacial score (nSPS) is 16.0. The molecule has 1 heterocycles. The van der Waals surface area contributed by atoms with Crippen LogP contribution in [-0.4, -0.2) is 35.2 Å². The van der Waals surface area contributed by atoms with Gasteiger partial charge in [0, 0.05) is 18.2 Å². The monoisotopic (exact) mass is 339 g/mol. The van der Waals surface area contributed by atoms with E-state index in [2.05, 4.69) is 0 Å². The Hall–Kier alpha value is -3.28. The van der Waals surface area contributed by atoms with E-state index in [0.717, 1.165) is 5.56 Å². The van der Waals surface area contributed by atoms with Crippen molar-refractivity contribution in [2.24, 2.45) is 0 Å². The second-order valence-electron chi connectivity index (χ2n) is 5.66. The first kappa shape index (κ1) is 16.6. The largest absolute Gasteiger partial charge is 0.504 e. The zero-order valence-corrected chi connectivity index (χ0v) is 13.5. The van der Waals surface area contributed by atoms with Crippen molar-refractivity contribution in [3.05, 3.63) is 59.7 Å². The highest BCUT2D eigenvalue weighted by Crippen LogP contribution is 2.33. The minimum Gasteiger partial charge on any atom is -0.504 e. The summed E-state index contributed by atoms with van der Waals surface area (Å²) in [7, 11) is 1.29. The van der Waals surface area contributed by atoms with Gasteiger partial charge in [-0.25, -0.2) is 4.79 Å². The van der Waals surface area contributed by atoms with E-state index in [9.17, 15) is 19.8 Å². The summed E-state index contributed by atoms with van der Waals surface area (Å²) >= 11 is 0. The van der Waals surface area contributed by atoms with Gasteiger partial charge >= 0.3 is 5.97 Å². The van der Waals surface area contributed by atoms with E-state index in [0.29, 0.717) is 17.7 Å². The van der Waals surface area contributed by atoms with Gasteiger partial charge in [0.1, 0.15) is 6.04 Å². The van der Waals surface area contributed by atoms with Crippen molar-refractivity contribution < 1.29 is 24.5 Å². The second-order valence-corrected chi connectivity index (χ2v) is 5.66. The Morgan fingerprint density at radius 1 is 1.16 bits per heavy atom. The van der Waals surface area contributed by atoms with Gasteiger partial charge in [0.05, 0.1) is 7.11 Å². The molecule has 25 heavy (non-hydrogen) atoms. The molecule has 1 atom stereocenters. The number of nitrogens with zero attached hydrogens (tertiary/aromatic N) is 1. The first-order valence-electron chi connectivity index (χ1n) is 7.70. The van der Waals surface area contributed by atoms with Crippen molar-refractivity contribution in [3.63, 3.8) is 0 Å². The summed E-state index contributed by atoms with van der Waals surface area (Å²) in [4.78, 5) is 26.2. The molecule has 0 saturated heterocycles. The smallest absolute Gasteiger partial charge is 0.329 e. The van der Waals surface area contributed by atoms with Crippen molar-refractivity contribution in [3.8, 4) is 11.5 Å². The molecule has 128 valence electrons. The van der Waals surface area contributed by atoms with Gasteiger partial charge in [0.25, 0.3) is 5.91 Å². The van der Waals surface area contributed by atoms with Crippen LogP contribution in [0.3, 0.4) is 0 Å². The number of esters is 1. The Balaban J connectivity index is 1.89. The number of carbonyl (C=O) groups is 2. The van der Waals surface area contributed by atoms with Gasteiger partial charge in [-0.1, -0.05) is 24.3 Å². The third-order valence-electron chi connectivity index (χ3n) is 4.10. The Morgan fingerprint density at radius 3 is 2.64 bits per heavy atom. The van der Waals surface area contributed by atoms with Crippen LogP contribution in [-0.2, 0) is 20.7 Å². The van der Waals surface area contributed by atoms with E-state index in [4.69, 9.17) is 4.74 Å². The quantitative estimate of drug-likeness (QED) is 0.509. The maximum absolute atomic E-state index is 12.7. The summed E-state index contributed by atoms with van der Waals surface area (Å²) in [6, 6.07) is 10.9. The molecule has 0 spiro atoms. The zero-order valence-electron chi connectivity index (χ0n) is 13.5. The zero-order chi connectivity index (χ0) is 18.0. The molecule has 0 saturated carbocycles. The molecule has 0 fully saturated rings. The molecule has 1 aliphatic rings. The first-order chi connectivity index (χ1) is 12.0. The Morgan fingerprint density at radius 2 is 1.92 bits per heavy atom. The highest BCUT2D eigenvalue weighted by molar-refractivity contribution is 6.09. The highest BCUT2D eigenvalue weighted by atomic mass is 16.5. The molecular formula is C19H17NO5. The van der Waals surface area contributed by atoms with Crippen molar-refractivity contribution in [1.82, 2.24) is 0 Å². The number of carbonyl (C=O) groups excluding carboxylic acids is 2. The summed E-state index contributed by atoms with van der Waals surface area (Å²) in [5.74, 6) is -1.34. The number of aromatic hydroxyl groups is 2. The fraction of sp³-hybridized carbons (Fsp3) is 0.158. The molecule has 0 radical (unpaired) electrons. The van der Waals surface area contributed by atoms with Crippen LogP contribution in [0.15, 0.2) is 48.5 Å². The minimum absolute atomic E-state index is 0.234. The van der Waals surface area contributed by atoms with Crippen molar-refractivity contribution in [2.75, 3.05) is 12.0 Å². The number of amides is 1. The van der Waals surface area contributed by atoms with Crippen LogP contribution in [0.4, 0.5) is 5.69 Å². The van der Waals surface area contributed by atoms with Gasteiger partial charge in [0.2, 0.25) is 0 Å². The fourth-order valence-corrected chi connectivity index (χ4v) is 2.87. The summed E-state index contributed by atoms with van der Waals surface area (Å²) in [5, 5.41) is 18.8. The third kappa shape index (κ3) is 3.19. The number of fused-ring (bicyclic) bond motifs is 1. The third-order valence-corrected chi connectivity index (χ3v) is 4.10. The number of para-hydroxylation sites is 1. The summed E-state index contributed by atoms with van der Waals surface area (Å²) in [6.45, 7) is 0. The molecule has 0 bridgehead atoms. The molecular weight excluding hydrogens is 322 g/mol. The molecule has 2 aromatic rings. The van der Waals surface area contributed by atoms with Crippen molar-refractivity contribution in [1.29, 1.82) is 0 Å². The molecule has 0 aliphatic carbocycles. The van der Waals surface area contributed by atoms with Crippen LogP contribution in [0, 0.1) is 0 Å². The van der Waals surface area contributed by atoms with Gasteiger partial charge in [0.15, 0.2) is 11.5 Å². The summed E-state index contributed by atoms with van der Waals surface area (Å²) in [6.07, 6.45) is 3.24. The molecule has 2 aromatic carbocycles. The summed E-state index contributed by atoms with van der Waals surface area (Å²) < 4.78 is 4.82. The van der Waals surface area contributed by atoms with Crippen LogP contribution >= 0.6 is 0 Å². The topological polar surface area (TPSA) is 87.1 Å². The van der Waals surface area contributed by atoms with E-state index in [-0.39, 0.29) is 17.4 Å². The van der Waals surface area contributed by atoms with Crippen LogP contribution in [0.5, 0.6) is 11.5 Å². The van der Waals surface area contributed by atoms with E-state index in [1.54, 1.807) is 18.2 Å². The number of hydrogen-bond acceptors (Lipinski definition) is 5. The predicted octanol–water partition coefficient (Wildman–Crippen LogP) is 2.24. The van der Waals surface area contributed by atoms with Gasteiger partial charge in [-0.2, -0.15) is 0 Å². The predicted molar refractivity (Wildman–Crippen MR) is 92.2 cm³/mol. The molecule has 0 aromatic heterocycles. The number of phenolic OH excluding ortho intramolecular Hbond substituents is 2. The maximum atomic E-state index is 12.7. The van der Waals surface area contributed by atoms with E-state index >= 15 is 0 Å². The SMILES string of the molecule is COC(=O)[C@H]1Cc2ccccc2N1C(=O)/C=C/c1ccc(O)c(O)c1. The number of phenols is 2. The fourth-order valence-electron chi connectivity index (χ4n) is 2.87. The molecule has 1 amide bonds. The van der Waals surface area contributed by atoms with Gasteiger partial charge < -0.3 is 14.9 Å². The Kier molecular flexibility index (Phi) is 4.43. The molecule has 6 heteroatoms. The van der Waals surface area contributed by atoms with Crippen LogP contribution in [0.25, 0.3) is 6.08 Å². The second kappa shape index (κ2) is 6.68. The van der Waals surface area contributed by atoms with Gasteiger partial charge in [-0.3, -0.25) is 9.69 Å². The lowest BCUT2D eigenvalue weighted by atomic mass is 10.1. The van der Waals surface area contributed by atoms with E-state index in [1.807, 2.05) is 12.1 Å². The number of ether oxygens (including phenoxy) is 1. The molecule has 1 aliphatic heterocycles. The number of hydrogen-bond donors (Lipinski definition) is 2. The molecule has 6 nitrogen and oxygen atoms in total. The maximum Gasteiger partial charge on any atom is 0.329 e. The van der Waals surface area contributed by atoms with E-state index < -0.39 is 12.0 Å². The molecule has 3 rings (SSSR count). The lowest BCUT2D eigenvalue weighted by molar-refractivity contribution is -0.143. The lowest BCUT2D eigenvalue weighted by Gasteiger charge is -2.22. The number of methoxy groups -OCH3 is 1. The number of rotatable bonds is 3. The molecule has 0 unspecified atom stereocenters. The van der Waals surface area contributed by atoms with Crippen molar-refractivity contribution >= 4 is 23.6 Å². The van der Waals surface area contributed by atoms with Crippen LogP contribution < -0.4 is 4.90 Å².